The highest BCUT2D eigenvalue weighted by atomic mass is 16.1. The zero-order chi connectivity index (χ0) is 8.10. The number of hydrogen-bond donors (Lipinski definition) is 1. The molecule has 58 valence electrons. The third-order valence-corrected chi connectivity index (χ3v) is 1.15. The highest BCUT2D eigenvalue weighted by molar-refractivity contribution is 5.89. The number of carbonyl (C=O) groups is 1. The van der Waals surface area contributed by atoms with Gasteiger partial charge in [0.15, 0.2) is 5.82 Å². The lowest BCUT2D eigenvalue weighted by atomic mass is 10.4. The summed E-state index contributed by atoms with van der Waals surface area (Å²) in [6.07, 6.45) is 5.05. The van der Waals surface area contributed by atoms with E-state index in [0.717, 1.165) is 0 Å². The van der Waals surface area contributed by atoms with Crippen LogP contribution in [-0.2, 0) is 4.79 Å². The Hall–Kier alpha value is -1.45. The summed E-state index contributed by atoms with van der Waals surface area (Å²) >= 11 is 0. The quantitative estimate of drug-likeness (QED) is 0.681. The number of rotatable bonds is 2. The van der Waals surface area contributed by atoms with Gasteiger partial charge < -0.3 is 5.32 Å². The Labute approximate surface area is 64.7 Å². The molecule has 1 rings (SSSR count). The topological polar surface area (TPSA) is 54.9 Å². The van der Waals surface area contributed by atoms with Crippen molar-refractivity contribution in [3.05, 3.63) is 18.6 Å². The highest BCUT2D eigenvalue weighted by Crippen LogP contribution is 1.96. The molecule has 0 saturated heterocycles. The Kier molecular flexibility index (Phi) is 2.54. The monoisotopic (exact) mass is 151 g/mol. The maximum atomic E-state index is 10.8. The molecule has 1 aromatic rings. The SMILES string of the molecule is CCC(=O)Nc1cnccn1. The van der Waals surface area contributed by atoms with E-state index in [1.165, 1.54) is 12.4 Å². The van der Waals surface area contributed by atoms with Crippen molar-refractivity contribution in [3.8, 4) is 0 Å². The smallest absolute Gasteiger partial charge is 0.225 e. The molecule has 1 aromatic heterocycles. The van der Waals surface area contributed by atoms with Gasteiger partial charge in [-0.15, -0.1) is 0 Å². The third kappa shape index (κ3) is 2.33. The summed E-state index contributed by atoms with van der Waals surface area (Å²) < 4.78 is 0. The van der Waals surface area contributed by atoms with Crippen LogP contribution in [0, 0.1) is 0 Å². The predicted molar refractivity (Wildman–Crippen MR) is 41.0 cm³/mol. The largest absolute Gasteiger partial charge is 0.309 e. The van der Waals surface area contributed by atoms with E-state index >= 15 is 0 Å². The maximum Gasteiger partial charge on any atom is 0.225 e. The molecule has 0 saturated carbocycles. The normalized spacial score (nSPS) is 9.18. The third-order valence-electron chi connectivity index (χ3n) is 1.15. The van der Waals surface area contributed by atoms with Crippen molar-refractivity contribution in [2.45, 2.75) is 13.3 Å². The number of amides is 1. The van der Waals surface area contributed by atoms with Crippen molar-refractivity contribution < 1.29 is 4.79 Å². The molecule has 4 nitrogen and oxygen atoms in total. The van der Waals surface area contributed by atoms with Crippen molar-refractivity contribution in [1.29, 1.82) is 0 Å². The molecule has 0 fully saturated rings. The zero-order valence-electron chi connectivity index (χ0n) is 6.24. The van der Waals surface area contributed by atoms with E-state index < -0.39 is 0 Å². The van der Waals surface area contributed by atoms with Gasteiger partial charge in [-0.1, -0.05) is 6.92 Å². The first-order valence-electron chi connectivity index (χ1n) is 3.38. The number of aromatic nitrogens is 2. The van der Waals surface area contributed by atoms with Gasteiger partial charge in [-0.2, -0.15) is 0 Å². The average molecular weight is 151 g/mol. The van der Waals surface area contributed by atoms with E-state index in [-0.39, 0.29) is 5.91 Å². The molecule has 4 heteroatoms. The molecule has 0 spiro atoms. The van der Waals surface area contributed by atoms with Gasteiger partial charge in [0.05, 0.1) is 6.20 Å². The predicted octanol–water partition coefficient (Wildman–Crippen LogP) is 0.825. The zero-order valence-corrected chi connectivity index (χ0v) is 6.24. The summed E-state index contributed by atoms with van der Waals surface area (Å²) in [4.78, 5) is 18.5. The minimum absolute atomic E-state index is 0.0505. The second-order valence-corrected chi connectivity index (χ2v) is 1.99. The van der Waals surface area contributed by atoms with E-state index in [1.54, 1.807) is 13.1 Å². The molecule has 1 N–H and O–H groups in total. The van der Waals surface area contributed by atoms with Crippen LogP contribution in [0.3, 0.4) is 0 Å². The van der Waals surface area contributed by atoms with Crippen LogP contribution in [0.2, 0.25) is 0 Å². The summed E-state index contributed by atoms with van der Waals surface area (Å²) in [5, 5.41) is 2.58. The number of hydrogen-bond acceptors (Lipinski definition) is 3. The van der Waals surface area contributed by atoms with Gasteiger partial charge >= 0.3 is 0 Å². The molecular formula is C7H9N3O. The van der Waals surface area contributed by atoms with Crippen LogP contribution in [0.15, 0.2) is 18.6 Å². The summed E-state index contributed by atoms with van der Waals surface area (Å²) in [7, 11) is 0. The van der Waals surface area contributed by atoms with Crippen LogP contribution in [0.1, 0.15) is 13.3 Å². The standard InChI is InChI=1S/C7H9N3O/c1-2-7(11)10-6-5-8-3-4-9-6/h3-5H,2H2,1H3,(H,9,10,11). The fourth-order valence-corrected chi connectivity index (χ4v) is 0.595. The Morgan fingerprint density at radius 2 is 2.45 bits per heavy atom. The van der Waals surface area contributed by atoms with E-state index in [1.807, 2.05) is 0 Å². The average Bonchev–Trinajstić information content (AvgIpc) is 2.06. The first kappa shape index (κ1) is 7.65. The summed E-state index contributed by atoms with van der Waals surface area (Å²) in [5.74, 6) is 0.449. The molecule has 1 amide bonds. The van der Waals surface area contributed by atoms with Crippen molar-refractivity contribution in [2.75, 3.05) is 5.32 Å². The van der Waals surface area contributed by atoms with E-state index in [9.17, 15) is 4.79 Å². The van der Waals surface area contributed by atoms with Crippen LogP contribution < -0.4 is 5.32 Å². The second kappa shape index (κ2) is 3.65. The molecule has 0 aliphatic heterocycles. The summed E-state index contributed by atoms with van der Waals surface area (Å²) in [6, 6.07) is 0. The lowest BCUT2D eigenvalue weighted by Gasteiger charge is -1.98. The molecule has 0 aliphatic carbocycles. The van der Waals surface area contributed by atoms with Gasteiger partial charge in [0.2, 0.25) is 5.91 Å². The lowest BCUT2D eigenvalue weighted by molar-refractivity contribution is -0.115. The fourth-order valence-electron chi connectivity index (χ4n) is 0.595. The van der Waals surface area contributed by atoms with Gasteiger partial charge in [-0.05, 0) is 0 Å². The maximum absolute atomic E-state index is 10.8. The molecular weight excluding hydrogens is 142 g/mol. The highest BCUT2D eigenvalue weighted by Gasteiger charge is 1.97. The first-order chi connectivity index (χ1) is 5.33. The summed E-state index contributed by atoms with van der Waals surface area (Å²) in [6.45, 7) is 1.78. The Bertz CT molecular complexity index is 235. The fraction of sp³-hybridized carbons (Fsp3) is 0.286. The molecule has 0 aromatic carbocycles. The number of nitrogens with zero attached hydrogens (tertiary/aromatic N) is 2. The number of carbonyl (C=O) groups excluding carboxylic acids is 1. The number of nitrogens with one attached hydrogen (secondary N) is 1. The van der Waals surface area contributed by atoms with Crippen LogP contribution in [0.5, 0.6) is 0 Å². The van der Waals surface area contributed by atoms with E-state index in [0.29, 0.717) is 12.2 Å². The van der Waals surface area contributed by atoms with Crippen LogP contribution in [0.25, 0.3) is 0 Å². The minimum Gasteiger partial charge on any atom is -0.309 e. The number of anilines is 1. The van der Waals surface area contributed by atoms with Crippen molar-refractivity contribution in [1.82, 2.24) is 9.97 Å². The molecule has 0 aliphatic rings. The van der Waals surface area contributed by atoms with Crippen molar-refractivity contribution in [3.63, 3.8) is 0 Å². The molecule has 0 bridgehead atoms. The van der Waals surface area contributed by atoms with Gasteiger partial charge in [0, 0.05) is 18.8 Å². The Balaban J connectivity index is 2.58. The van der Waals surface area contributed by atoms with Crippen molar-refractivity contribution in [2.24, 2.45) is 0 Å². The van der Waals surface area contributed by atoms with Gasteiger partial charge in [0.1, 0.15) is 0 Å². The van der Waals surface area contributed by atoms with Gasteiger partial charge in [-0.3, -0.25) is 9.78 Å². The van der Waals surface area contributed by atoms with Crippen molar-refractivity contribution >= 4 is 11.7 Å². The first-order valence-corrected chi connectivity index (χ1v) is 3.38. The van der Waals surface area contributed by atoms with Crippen LogP contribution >= 0.6 is 0 Å². The molecule has 0 radical (unpaired) electrons. The van der Waals surface area contributed by atoms with E-state index in [2.05, 4.69) is 15.3 Å². The lowest BCUT2D eigenvalue weighted by Crippen LogP contribution is -2.10. The molecule has 11 heavy (non-hydrogen) atoms. The van der Waals surface area contributed by atoms with Gasteiger partial charge in [-0.25, -0.2) is 4.98 Å². The van der Waals surface area contributed by atoms with Gasteiger partial charge in [0.25, 0.3) is 0 Å². The summed E-state index contributed by atoms with van der Waals surface area (Å²) in [5.41, 5.74) is 0. The van der Waals surface area contributed by atoms with Crippen LogP contribution in [-0.4, -0.2) is 15.9 Å². The minimum atomic E-state index is -0.0505. The molecule has 1 heterocycles. The van der Waals surface area contributed by atoms with Crippen LogP contribution in [0.4, 0.5) is 5.82 Å². The molecule has 0 unspecified atom stereocenters. The second-order valence-electron chi connectivity index (χ2n) is 1.99. The Morgan fingerprint density at radius 3 is 3.00 bits per heavy atom. The Morgan fingerprint density at radius 1 is 1.64 bits per heavy atom. The molecule has 0 atom stereocenters. The van der Waals surface area contributed by atoms with E-state index in [4.69, 9.17) is 0 Å².